The number of aromatic hydroxyl groups is 1. The van der Waals surface area contributed by atoms with Gasteiger partial charge in [-0.05, 0) is 35.4 Å². The summed E-state index contributed by atoms with van der Waals surface area (Å²) in [5.74, 6) is -0.728. The lowest BCUT2D eigenvalue weighted by Crippen LogP contribution is -2.36. The Hall–Kier alpha value is -2.04. The third kappa shape index (κ3) is 6.36. The van der Waals surface area contributed by atoms with Crippen molar-refractivity contribution >= 4 is 29.9 Å². The molecule has 0 aliphatic carbocycles. The summed E-state index contributed by atoms with van der Waals surface area (Å²) >= 11 is 0. The Bertz CT molecular complexity index is 749. The number of rotatable bonds is 4. The molecule has 3 N–H and O–H groups in total. The fraction of sp³-hybridized carbons (Fsp3) is 0.235. The first-order valence-corrected chi connectivity index (χ1v) is 7.37. The molecule has 2 rings (SSSR count). The van der Waals surface area contributed by atoms with Crippen molar-refractivity contribution in [2.75, 3.05) is 7.05 Å². The second-order valence-electron chi connectivity index (χ2n) is 5.26. The number of halogens is 5. The van der Waals surface area contributed by atoms with Crippen molar-refractivity contribution in [2.24, 2.45) is 4.99 Å². The summed E-state index contributed by atoms with van der Waals surface area (Å²) in [6, 6.07) is 8.83. The van der Waals surface area contributed by atoms with E-state index in [0.29, 0.717) is 17.1 Å². The van der Waals surface area contributed by atoms with Gasteiger partial charge in [0.15, 0.2) is 17.5 Å². The number of nitrogens with zero attached hydrogens (tertiary/aromatic N) is 1. The van der Waals surface area contributed by atoms with Gasteiger partial charge in [-0.25, -0.2) is 4.39 Å². The van der Waals surface area contributed by atoms with E-state index >= 15 is 0 Å². The number of aliphatic imine (C=N–C) groups is 1. The topological polar surface area (TPSA) is 56.7 Å². The molecule has 4 nitrogen and oxygen atoms in total. The van der Waals surface area contributed by atoms with Gasteiger partial charge in [-0.3, -0.25) is 4.99 Å². The Labute approximate surface area is 165 Å². The van der Waals surface area contributed by atoms with Gasteiger partial charge in [-0.1, -0.05) is 18.2 Å². The molecular weight excluding hydrogens is 465 g/mol. The molecule has 0 bridgehead atoms. The van der Waals surface area contributed by atoms with Crippen LogP contribution in [0.4, 0.5) is 17.6 Å². The first-order valence-electron chi connectivity index (χ1n) is 7.37. The highest BCUT2D eigenvalue weighted by molar-refractivity contribution is 14.0. The summed E-state index contributed by atoms with van der Waals surface area (Å²) in [4.78, 5) is 3.99. The SMILES string of the molecule is CN=C(NCc1ccc(C(F)(F)F)cc1)NCc1ccc(O)c(F)c1.I. The highest BCUT2D eigenvalue weighted by atomic mass is 127. The van der Waals surface area contributed by atoms with Crippen molar-refractivity contribution in [3.8, 4) is 5.75 Å². The number of hydrogen-bond acceptors (Lipinski definition) is 2. The Morgan fingerprint density at radius 2 is 1.54 bits per heavy atom. The van der Waals surface area contributed by atoms with E-state index in [1.807, 2.05) is 0 Å². The van der Waals surface area contributed by atoms with E-state index in [1.165, 1.54) is 24.3 Å². The Morgan fingerprint density at radius 1 is 1.00 bits per heavy atom. The van der Waals surface area contributed by atoms with Gasteiger partial charge in [-0.15, -0.1) is 24.0 Å². The Morgan fingerprint density at radius 3 is 2.04 bits per heavy atom. The van der Waals surface area contributed by atoms with Gasteiger partial charge in [0.25, 0.3) is 0 Å². The number of phenols is 1. The molecule has 0 saturated heterocycles. The normalized spacial score (nSPS) is 11.7. The van der Waals surface area contributed by atoms with Crippen molar-refractivity contribution < 1.29 is 22.7 Å². The van der Waals surface area contributed by atoms with Crippen LogP contribution in [0.2, 0.25) is 0 Å². The summed E-state index contributed by atoms with van der Waals surface area (Å²) < 4.78 is 50.8. The highest BCUT2D eigenvalue weighted by Gasteiger charge is 2.29. The molecule has 0 spiro atoms. The number of guanidine groups is 1. The second-order valence-corrected chi connectivity index (χ2v) is 5.26. The summed E-state index contributed by atoms with van der Waals surface area (Å²) in [6.45, 7) is 0.547. The summed E-state index contributed by atoms with van der Waals surface area (Å²) in [5, 5.41) is 15.0. The molecule has 26 heavy (non-hydrogen) atoms. The fourth-order valence-corrected chi connectivity index (χ4v) is 2.06. The number of hydrogen-bond donors (Lipinski definition) is 3. The van der Waals surface area contributed by atoms with Crippen LogP contribution in [0.3, 0.4) is 0 Å². The molecule has 0 saturated carbocycles. The molecule has 0 aliphatic heterocycles. The van der Waals surface area contributed by atoms with Crippen LogP contribution in [-0.4, -0.2) is 18.1 Å². The first-order chi connectivity index (χ1) is 11.8. The molecule has 2 aromatic carbocycles. The van der Waals surface area contributed by atoms with Crippen LogP contribution in [-0.2, 0) is 19.3 Å². The summed E-state index contributed by atoms with van der Waals surface area (Å²) in [5.41, 5.74) is 0.563. The number of nitrogens with one attached hydrogen (secondary N) is 2. The molecule has 0 heterocycles. The zero-order valence-electron chi connectivity index (χ0n) is 13.8. The quantitative estimate of drug-likeness (QED) is 0.267. The molecule has 2 aromatic rings. The van der Waals surface area contributed by atoms with Crippen molar-refractivity contribution in [1.82, 2.24) is 10.6 Å². The fourth-order valence-electron chi connectivity index (χ4n) is 2.06. The zero-order valence-corrected chi connectivity index (χ0v) is 16.1. The van der Waals surface area contributed by atoms with Crippen LogP contribution in [0.5, 0.6) is 5.75 Å². The van der Waals surface area contributed by atoms with E-state index in [0.717, 1.165) is 12.1 Å². The van der Waals surface area contributed by atoms with Gasteiger partial charge in [0, 0.05) is 20.1 Å². The van der Waals surface area contributed by atoms with Gasteiger partial charge in [-0.2, -0.15) is 13.2 Å². The maximum Gasteiger partial charge on any atom is 0.416 e. The van der Waals surface area contributed by atoms with Gasteiger partial charge in [0.2, 0.25) is 0 Å². The van der Waals surface area contributed by atoms with E-state index in [-0.39, 0.29) is 37.1 Å². The van der Waals surface area contributed by atoms with E-state index in [9.17, 15) is 17.6 Å². The third-order valence-electron chi connectivity index (χ3n) is 3.44. The Kier molecular flexibility index (Phi) is 8.12. The van der Waals surface area contributed by atoms with Gasteiger partial charge in [0.05, 0.1) is 5.56 Å². The molecule has 0 fully saturated rings. The highest BCUT2D eigenvalue weighted by Crippen LogP contribution is 2.29. The minimum Gasteiger partial charge on any atom is -0.505 e. The van der Waals surface area contributed by atoms with Crippen molar-refractivity contribution in [1.29, 1.82) is 0 Å². The number of benzene rings is 2. The molecule has 0 atom stereocenters. The van der Waals surface area contributed by atoms with Crippen LogP contribution in [0.25, 0.3) is 0 Å². The monoisotopic (exact) mass is 483 g/mol. The lowest BCUT2D eigenvalue weighted by molar-refractivity contribution is -0.137. The zero-order chi connectivity index (χ0) is 18.4. The largest absolute Gasteiger partial charge is 0.505 e. The van der Waals surface area contributed by atoms with Crippen LogP contribution in [0, 0.1) is 5.82 Å². The third-order valence-corrected chi connectivity index (χ3v) is 3.44. The maximum atomic E-state index is 13.3. The second kappa shape index (κ2) is 9.60. The molecule has 0 unspecified atom stereocenters. The van der Waals surface area contributed by atoms with Crippen molar-refractivity contribution in [3.05, 3.63) is 65.0 Å². The van der Waals surface area contributed by atoms with E-state index in [1.54, 1.807) is 13.1 Å². The average Bonchev–Trinajstić information content (AvgIpc) is 2.57. The van der Waals surface area contributed by atoms with E-state index < -0.39 is 23.3 Å². The van der Waals surface area contributed by atoms with E-state index in [2.05, 4.69) is 15.6 Å². The molecule has 0 aromatic heterocycles. The minimum atomic E-state index is -4.36. The number of phenolic OH excluding ortho intramolecular Hbond substituents is 1. The molecule has 142 valence electrons. The predicted molar refractivity (Wildman–Crippen MR) is 102 cm³/mol. The minimum absolute atomic E-state index is 0. The van der Waals surface area contributed by atoms with Crippen LogP contribution in [0.1, 0.15) is 16.7 Å². The molecular formula is C17H18F4IN3O. The first kappa shape index (κ1) is 22.0. The molecule has 0 aliphatic rings. The van der Waals surface area contributed by atoms with Gasteiger partial charge in [0.1, 0.15) is 0 Å². The number of alkyl halides is 3. The smallest absolute Gasteiger partial charge is 0.416 e. The standard InChI is InChI=1S/C17H17F4N3O.HI/c1-22-16(24-10-12-4-7-15(25)14(18)8-12)23-9-11-2-5-13(6-3-11)17(19,20)21;/h2-8,25H,9-10H2,1H3,(H2,22,23,24);1H. The van der Waals surface area contributed by atoms with Crippen molar-refractivity contribution in [3.63, 3.8) is 0 Å². The van der Waals surface area contributed by atoms with Crippen LogP contribution in [0.15, 0.2) is 47.5 Å². The predicted octanol–water partition coefficient (Wildman–Crippen LogP) is 4.03. The average molecular weight is 483 g/mol. The molecule has 0 radical (unpaired) electrons. The lowest BCUT2D eigenvalue weighted by atomic mass is 10.1. The summed E-state index contributed by atoms with van der Waals surface area (Å²) in [7, 11) is 1.54. The molecule has 9 heteroatoms. The van der Waals surface area contributed by atoms with Crippen molar-refractivity contribution in [2.45, 2.75) is 19.3 Å². The van der Waals surface area contributed by atoms with Gasteiger partial charge >= 0.3 is 6.18 Å². The van der Waals surface area contributed by atoms with Gasteiger partial charge < -0.3 is 15.7 Å². The van der Waals surface area contributed by atoms with Crippen LogP contribution < -0.4 is 10.6 Å². The molecule has 0 amide bonds. The summed E-state index contributed by atoms with van der Waals surface area (Å²) in [6.07, 6.45) is -4.36. The van der Waals surface area contributed by atoms with E-state index in [4.69, 9.17) is 5.11 Å². The van der Waals surface area contributed by atoms with Crippen LogP contribution >= 0.6 is 24.0 Å². The lowest BCUT2D eigenvalue weighted by Gasteiger charge is -2.13. The Balaban J connectivity index is 0.00000338. The maximum absolute atomic E-state index is 13.3.